The van der Waals surface area contributed by atoms with Crippen LogP contribution >= 0.6 is 15.9 Å². The first-order valence-corrected chi connectivity index (χ1v) is 7.74. The molecule has 2 nitrogen and oxygen atoms in total. The first kappa shape index (κ1) is 14.9. The maximum atomic E-state index is 5.85. The summed E-state index contributed by atoms with van der Waals surface area (Å²) in [5.41, 5.74) is 9.01. The number of halogens is 1. The summed E-state index contributed by atoms with van der Waals surface area (Å²) >= 11 is 3.49. The zero-order chi connectivity index (χ0) is 14.4. The van der Waals surface area contributed by atoms with Gasteiger partial charge in [0.25, 0.3) is 0 Å². The third-order valence-electron chi connectivity index (χ3n) is 3.25. The molecule has 0 bridgehead atoms. The molecule has 3 heteroatoms. The van der Waals surface area contributed by atoms with Gasteiger partial charge in [0.15, 0.2) is 0 Å². The average molecular weight is 334 g/mol. The highest BCUT2D eigenvalue weighted by atomic mass is 79.9. The molecule has 0 radical (unpaired) electrons. The number of unbranched alkanes of at least 4 members (excludes halogenated alkanes) is 1. The number of hydrogen-bond acceptors (Lipinski definition) is 2. The van der Waals surface area contributed by atoms with E-state index in [1.807, 2.05) is 30.3 Å². The molecule has 0 saturated carbocycles. The number of nitrogens with two attached hydrogens (primary N) is 1. The average Bonchev–Trinajstić information content (AvgIpc) is 2.48. The summed E-state index contributed by atoms with van der Waals surface area (Å²) in [5.74, 6) is 0.888. The number of nitrogen functional groups attached to an aromatic ring is 1. The molecule has 0 fully saturated rings. The summed E-state index contributed by atoms with van der Waals surface area (Å²) in [6.45, 7) is 2.72. The third kappa shape index (κ3) is 4.01. The SMILES string of the molecule is CCCCc1ccc(OCc2cccc(N)c2Br)cc1. The van der Waals surface area contributed by atoms with E-state index in [-0.39, 0.29) is 0 Å². The van der Waals surface area contributed by atoms with E-state index in [0.29, 0.717) is 6.61 Å². The number of rotatable bonds is 6. The van der Waals surface area contributed by atoms with Crippen molar-refractivity contribution in [3.05, 3.63) is 58.1 Å². The van der Waals surface area contributed by atoms with Crippen LogP contribution in [0.5, 0.6) is 5.75 Å². The van der Waals surface area contributed by atoms with Crippen LogP contribution in [0.3, 0.4) is 0 Å². The van der Waals surface area contributed by atoms with Crippen LogP contribution in [0.15, 0.2) is 46.9 Å². The van der Waals surface area contributed by atoms with Crippen LogP contribution in [-0.4, -0.2) is 0 Å². The molecule has 0 saturated heterocycles. The van der Waals surface area contributed by atoms with Gasteiger partial charge in [-0.3, -0.25) is 0 Å². The largest absolute Gasteiger partial charge is 0.489 e. The highest BCUT2D eigenvalue weighted by Crippen LogP contribution is 2.25. The van der Waals surface area contributed by atoms with Crippen LogP contribution in [0.2, 0.25) is 0 Å². The Morgan fingerprint density at radius 3 is 2.55 bits per heavy atom. The highest BCUT2D eigenvalue weighted by molar-refractivity contribution is 9.10. The molecule has 0 spiro atoms. The molecular weight excluding hydrogens is 314 g/mol. The lowest BCUT2D eigenvalue weighted by atomic mass is 10.1. The standard InChI is InChI=1S/C17H20BrNO/c1-2-3-5-13-8-10-15(11-9-13)20-12-14-6-4-7-16(19)17(14)18/h4,6-11H,2-3,5,12,19H2,1H3. The van der Waals surface area contributed by atoms with Crippen molar-refractivity contribution in [3.63, 3.8) is 0 Å². The lowest BCUT2D eigenvalue weighted by Gasteiger charge is -2.10. The van der Waals surface area contributed by atoms with Crippen LogP contribution < -0.4 is 10.5 Å². The molecule has 0 aliphatic carbocycles. The summed E-state index contributed by atoms with van der Waals surface area (Å²) < 4.78 is 6.72. The maximum Gasteiger partial charge on any atom is 0.119 e. The van der Waals surface area contributed by atoms with E-state index in [2.05, 4.69) is 35.0 Å². The molecule has 0 atom stereocenters. The summed E-state index contributed by atoms with van der Waals surface area (Å²) in [4.78, 5) is 0. The van der Waals surface area contributed by atoms with Crippen LogP contribution in [0, 0.1) is 0 Å². The Labute approximate surface area is 129 Å². The minimum atomic E-state index is 0.514. The quantitative estimate of drug-likeness (QED) is 0.759. The second-order valence-electron chi connectivity index (χ2n) is 4.86. The first-order valence-electron chi connectivity index (χ1n) is 6.95. The maximum absolute atomic E-state index is 5.85. The van der Waals surface area contributed by atoms with E-state index in [1.165, 1.54) is 18.4 Å². The molecule has 106 valence electrons. The Kier molecular flexibility index (Phi) is 5.48. The van der Waals surface area contributed by atoms with Gasteiger partial charge in [0.05, 0.1) is 0 Å². The van der Waals surface area contributed by atoms with Crippen molar-refractivity contribution in [2.75, 3.05) is 5.73 Å². The molecule has 0 heterocycles. The lowest BCUT2D eigenvalue weighted by molar-refractivity contribution is 0.305. The summed E-state index contributed by atoms with van der Waals surface area (Å²) in [7, 11) is 0. The Morgan fingerprint density at radius 1 is 1.10 bits per heavy atom. The molecule has 20 heavy (non-hydrogen) atoms. The Hall–Kier alpha value is -1.48. The normalized spacial score (nSPS) is 10.5. The number of aryl methyl sites for hydroxylation is 1. The van der Waals surface area contributed by atoms with Gasteiger partial charge in [0.2, 0.25) is 0 Å². The minimum absolute atomic E-state index is 0.514. The van der Waals surface area contributed by atoms with Crippen molar-refractivity contribution in [2.45, 2.75) is 32.8 Å². The van der Waals surface area contributed by atoms with Gasteiger partial charge in [-0.05, 0) is 52.5 Å². The summed E-state index contributed by atoms with van der Waals surface area (Å²) in [6, 6.07) is 14.2. The van der Waals surface area contributed by atoms with Crippen molar-refractivity contribution in [1.82, 2.24) is 0 Å². The first-order chi connectivity index (χ1) is 9.70. The van der Waals surface area contributed by atoms with Crippen molar-refractivity contribution in [1.29, 1.82) is 0 Å². The number of ether oxygens (including phenoxy) is 1. The van der Waals surface area contributed by atoms with E-state index >= 15 is 0 Å². The zero-order valence-corrected chi connectivity index (χ0v) is 13.3. The van der Waals surface area contributed by atoms with Gasteiger partial charge in [-0.1, -0.05) is 37.6 Å². The van der Waals surface area contributed by atoms with Crippen LogP contribution in [0.25, 0.3) is 0 Å². The Balaban J connectivity index is 1.95. The van der Waals surface area contributed by atoms with Crippen molar-refractivity contribution < 1.29 is 4.74 Å². The van der Waals surface area contributed by atoms with Gasteiger partial charge in [-0.2, -0.15) is 0 Å². The molecule has 0 aliphatic rings. The minimum Gasteiger partial charge on any atom is -0.489 e. The molecule has 2 aromatic rings. The molecule has 0 unspecified atom stereocenters. The van der Waals surface area contributed by atoms with E-state index in [9.17, 15) is 0 Å². The molecular formula is C17H20BrNO. The number of anilines is 1. The van der Waals surface area contributed by atoms with Crippen molar-refractivity contribution >= 4 is 21.6 Å². The molecule has 2 aromatic carbocycles. The fourth-order valence-electron chi connectivity index (χ4n) is 2.01. The molecule has 0 amide bonds. The van der Waals surface area contributed by atoms with E-state index in [1.54, 1.807) is 0 Å². The predicted molar refractivity (Wildman–Crippen MR) is 87.9 cm³/mol. The fraction of sp³-hybridized carbons (Fsp3) is 0.294. The van der Waals surface area contributed by atoms with Gasteiger partial charge in [0.1, 0.15) is 12.4 Å². The second-order valence-corrected chi connectivity index (χ2v) is 5.65. The van der Waals surface area contributed by atoms with Gasteiger partial charge in [0, 0.05) is 15.7 Å². The molecule has 0 aliphatic heterocycles. The highest BCUT2D eigenvalue weighted by Gasteiger charge is 2.04. The zero-order valence-electron chi connectivity index (χ0n) is 11.7. The van der Waals surface area contributed by atoms with E-state index in [4.69, 9.17) is 10.5 Å². The lowest BCUT2D eigenvalue weighted by Crippen LogP contribution is -1.98. The third-order valence-corrected chi connectivity index (χ3v) is 4.21. The summed E-state index contributed by atoms with van der Waals surface area (Å²) in [6.07, 6.45) is 3.59. The number of benzene rings is 2. The van der Waals surface area contributed by atoms with Crippen molar-refractivity contribution in [2.24, 2.45) is 0 Å². The van der Waals surface area contributed by atoms with Crippen LogP contribution in [0.1, 0.15) is 30.9 Å². The van der Waals surface area contributed by atoms with Gasteiger partial charge >= 0.3 is 0 Å². The number of hydrogen-bond donors (Lipinski definition) is 1. The molecule has 2 N–H and O–H groups in total. The van der Waals surface area contributed by atoms with Crippen LogP contribution in [-0.2, 0) is 13.0 Å². The monoisotopic (exact) mass is 333 g/mol. The summed E-state index contributed by atoms with van der Waals surface area (Å²) in [5, 5.41) is 0. The molecule has 2 rings (SSSR count). The van der Waals surface area contributed by atoms with Gasteiger partial charge in [-0.25, -0.2) is 0 Å². The topological polar surface area (TPSA) is 35.2 Å². The Morgan fingerprint density at radius 2 is 1.85 bits per heavy atom. The van der Waals surface area contributed by atoms with E-state index < -0.39 is 0 Å². The van der Waals surface area contributed by atoms with Gasteiger partial charge in [-0.15, -0.1) is 0 Å². The van der Waals surface area contributed by atoms with Crippen LogP contribution in [0.4, 0.5) is 5.69 Å². The second kappa shape index (κ2) is 7.34. The molecule has 0 aromatic heterocycles. The Bertz CT molecular complexity index is 551. The van der Waals surface area contributed by atoms with E-state index in [0.717, 1.165) is 27.9 Å². The van der Waals surface area contributed by atoms with Gasteiger partial charge < -0.3 is 10.5 Å². The van der Waals surface area contributed by atoms with Crippen molar-refractivity contribution in [3.8, 4) is 5.75 Å². The fourth-order valence-corrected chi connectivity index (χ4v) is 2.38. The smallest absolute Gasteiger partial charge is 0.119 e. The predicted octanol–water partition coefficient (Wildman–Crippen LogP) is 4.95.